The molecule has 3 nitrogen and oxygen atoms in total. The highest BCUT2D eigenvalue weighted by atomic mass is 35.5. The summed E-state index contributed by atoms with van der Waals surface area (Å²) >= 11 is 7.75. The maximum absolute atomic E-state index is 13.5. The number of benzene rings is 4. The van der Waals surface area contributed by atoms with Crippen LogP contribution in [0, 0.1) is 6.92 Å². The highest BCUT2D eigenvalue weighted by molar-refractivity contribution is 7.98. The summed E-state index contributed by atoms with van der Waals surface area (Å²) in [6.07, 6.45) is 0. The minimum absolute atomic E-state index is 0.0867. The summed E-state index contributed by atoms with van der Waals surface area (Å²) in [6.45, 7) is 2.01. The Balaban J connectivity index is 1.67. The molecule has 5 aromatic rings. The van der Waals surface area contributed by atoms with Crippen molar-refractivity contribution in [1.82, 2.24) is 9.55 Å². The number of aromatic nitrogens is 2. The third-order valence-corrected chi connectivity index (χ3v) is 6.62. The number of para-hydroxylation sites is 1. The number of fused-ring (bicyclic) bond motifs is 2. The first-order valence-corrected chi connectivity index (χ1v) is 11.4. The van der Waals surface area contributed by atoms with E-state index in [1.54, 1.807) is 34.5 Å². The Morgan fingerprint density at radius 1 is 0.903 bits per heavy atom. The number of nitrogens with zero attached hydrogens (tertiary/aromatic N) is 2. The molecular formula is C26H19ClN2OS. The average Bonchev–Trinajstić information content (AvgIpc) is 2.78. The molecule has 31 heavy (non-hydrogen) atoms. The van der Waals surface area contributed by atoms with Gasteiger partial charge in [0.2, 0.25) is 0 Å². The summed E-state index contributed by atoms with van der Waals surface area (Å²) in [5.41, 5.74) is 3.60. The van der Waals surface area contributed by atoms with Gasteiger partial charge in [0.1, 0.15) is 0 Å². The van der Waals surface area contributed by atoms with Gasteiger partial charge in [-0.3, -0.25) is 9.36 Å². The van der Waals surface area contributed by atoms with E-state index < -0.39 is 0 Å². The first-order valence-electron chi connectivity index (χ1n) is 9.99. The fraction of sp³-hybridized carbons (Fsp3) is 0.0769. The molecule has 5 heteroatoms. The minimum atomic E-state index is -0.0867. The number of rotatable bonds is 4. The second kappa shape index (κ2) is 8.22. The highest BCUT2D eigenvalue weighted by Crippen LogP contribution is 2.29. The molecule has 0 unspecified atom stereocenters. The van der Waals surface area contributed by atoms with Crippen LogP contribution in [0.1, 0.15) is 11.1 Å². The van der Waals surface area contributed by atoms with Crippen LogP contribution in [0.25, 0.3) is 27.4 Å². The normalized spacial score (nSPS) is 11.3. The van der Waals surface area contributed by atoms with E-state index in [4.69, 9.17) is 16.6 Å². The van der Waals surface area contributed by atoms with E-state index in [0.29, 0.717) is 26.8 Å². The number of hydrogen-bond donors (Lipinski definition) is 0. The van der Waals surface area contributed by atoms with Gasteiger partial charge in [-0.2, -0.15) is 0 Å². The van der Waals surface area contributed by atoms with E-state index in [9.17, 15) is 4.79 Å². The molecule has 0 radical (unpaired) electrons. The topological polar surface area (TPSA) is 34.9 Å². The van der Waals surface area contributed by atoms with Crippen LogP contribution < -0.4 is 5.56 Å². The molecular weight excluding hydrogens is 424 g/mol. The van der Waals surface area contributed by atoms with Crippen LogP contribution in [-0.2, 0) is 5.75 Å². The molecule has 0 saturated heterocycles. The lowest BCUT2D eigenvalue weighted by molar-refractivity contribution is 0.814. The van der Waals surface area contributed by atoms with Crippen LogP contribution in [0.2, 0.25) is 5.02 Å². The van der Waals surface area contributed by atoms with Crippen LogP contribution in [0.15, 0.2) is 94.9 Å². The van der Waals surface area contributed by atoms with Gasteiger partial charge in [-0.15, -0.1) is 0 Å². The SMILES string of the molecule is Cc1ccccc1-n1c(SCc2cccc3ccccc23)nc2cc(Cl)ccc2c1=O. The van der Waals surface area contributed by atoms with Crippen molar-refractivity contribution in [3.05, 3.63) is 111 Å². The monoisotopic (exact) mass is 442 g/mol. The van der Waals surface area contributed by atoms with Crippen LogP contribution in [-0.4, -0.2) is 9.55 Å². The molecule has 1 aromatic heterocycles. The van der Waals surface area contributed by atoms with Gasteiger partial charge in [-0.25, -0.2) is 4.98 Å². The van der Waals surface area contributed by atoms with Gasteiger partial charge in [0.25, 0.3) is 5.56 Å². The highest BCUT2D eigenvalue weighted by Gasteiger charge is 2.15. The van der Waals surface area contributed by atoms with Gasteiger partial charge < -0.3 is 0 Å². The van der Waals surface area contributed by atoms with Crippen molar-refractivity contribution in [1.29, 1.82) is 0 Å². The predicted molar refractivity (Wildman–Crippen MR) is 131 cm³/mol. The molecule has 0 bridgehead atoms. The Labute approximate surface area is 189 Å². The third-order valence-electron chi connectivity index (χ3n) is 5.39. The van der Waals surface area contributed by atoms with Crippen molar-refractivity contribution in [2.45, 2.75) is 17.8 Å². The molecule has 1 heterocycles. The molecule has 0 N–H and O–H groups in total. The van der Waals surface area contributed by atoms with E-state index >= 15 is 0 Å². The summed E-state index contributed by atoms with van der Waals surface area (Å²) in [5, 5.41) is 4.20. The Hall–Kier alpha value is -3.08. The van der Waals surface area contributed by atoms with Gasteiger partial charge in [0.15, 0.2) is 5.16 Å². The summed E-state index contributed by atoms with van der Waals surface area (Å²) < 4.78 is 1.72. The lowest BCUT2D eigenvalue weighted by Crippen LogP contribution is -2.22. The first kappa shape index (κ1) is 19.9. The van der Waals surface area contributed by atoms with Crippen LogP contribution in [0.3, 0.4) is 0 Å². The fourth-order valence-corrected chi connectivity index (χ4v) is 5.00. The summed E-state index contributed by atoms with van der Waals surface area (Å²) in [4.78, 5) is 18.4. The molecule has 4 aromatic carbocycles. The average molecular weight is 443 g/mol. The summed E-state index contributed by atoms with van der Waals surface area (Å²) in [5.74, 6) is 0.700. The molecule has 0 aliphatic rings. The maximum atomic E-state index is 13.5. The zero-order valence-electron chi connectivity index (χ0n) is 16.9. The third kappa shape index (κ3) is 3.73. The molecule has 5 rings (SSSR count). The fourth-order valence-electron chi connectivity index (χ4n) is 3.82. The Bertz CT molecular complexity index is 1490. The Morgan fingerprint density at radius 3 is 2.55 bits per heavy atom. The second-order valence-electron chi connectivity index (χ2n) is 7.41. The van der Waals surface area contributed by atoms with Crippen molar-refractivity contribution >= 4 is 45.0 Å². The zero-order valence-corrected chi connectivity index (χ0v) is 18.5. The molecule has 0 saturated carbocycles. The molecule has 0 fully saturated rings. The predicted octanol–water partition coefficient (Wildman–Crippen LogP) is 6.79. The Kier molecular flexibility index (Phi) is 5.26. The van der Waals surface area contributed by atoms with Gasteiger partial charge in [0, 0.05) is 10.8 Å². The van der Waals surface area contributed by atoms with Crippen molar-refractivity contribution in [3.63, 3.8) is 0 Å². The molecule has 0 aliphatic heterocycles. The van der Waals surface area contributed by atoms with Crippen molar-refractivity contribution in [2.75, 3.05) is 0 Å². The smallest absolute Gasteiger partial charge is 0.266 e. The Morgan fingerprint density at radius 2 is 1.68 bits per heavy atom. The van der Waals surface area contributed by atoms with Crippen LogP contribution in [0.4, 0.5) is 0 Å². The van der Waals surface area contributed by atoms with Crippen molar-refractivity contribution in [3.8, 4) is 5.69 Å². The van der Waals surface area contributed by atoms with Gasteiger partial charge in [-0.05, 0) is 53.1 Å². The van der Waals surface area contributed by atoms with Gasteiger partial charge in [0.05, 0.1) is 16.6 Å². The van der Waals surface area contributed by atoms with Gasteiger partial charge in [-0.1, -0.05) is 84.0 Å². The first-order chi connectivity index (χ1) is 15.1. The van der Waals surface area contributed by atoms with Crippen molar-refractivity contribution in [2.24, 2.45) is 0 Å². The summed E-state index contributed by atoms with van der Waals surface area (Å²) in [6, 6.07) is 27.8. The standard InChI is InChI=1S/C26H19ClN2OS/c1-17-7-2-5-12-24(17)29-25(30)22-14-13-20(27)15-23(22)28-26(29)31-16-19-10-6-9-18-8-3-4-11-21(18)19/h2-15H,16H2,1H3. The number of halogens is 1. The van der Waals surface area contributed by atoms with Crippen LogP contribution >= 0.6 is 23.4 Å². The lowest BCUT2D eigenvalue weighted by Gasteiger charge is -2.15. The summed E-state index contributed by atoms with van der Waals surface area (Å²) in [7, 11) is 0. The molecule has 0 spiro atoms. The van der Waals surface area contributed by atoms with E-state index in [1.165, 1.54) is 16.3 Å². The number of hydrogen-bond acceptors (Lipinski definition) is 3. The second-order valence-corrected chi connectivity index (χ2v) is 8.79. The number of thioether (sulfide) groups is 1. The zero-order chi connectivity index (χ0) is 21.4. The molecule has 0 atom stereocenters. The number of aryl methyl sites for hydroxylation is 1. The lowest BCUT2D eigenvalue weighted by atomic mass is 10.1. The quantitative estimate of drug-likeness (QED) is 0.227. The minimum Gasteiger partial charge on any atom is -0.268 e. The van der Waals surface area contributed by atoms with E-state index in [-0.39, 0.29) is 5.56 Å². The van der Waals surface area contributed by atoms with E-state index in [2.05, 4.69) is 36.4 Å². The van der Waals surface area contributed by atoms with E-state index in [1.807, 2.05) is 37.3 Å². The van der Waals surface area contributed by atoms with Crippen LogP contribution in [0.5, 0.6) is 0 Å². The van der Waals surface area contributed by atoms with Crippen molar-refractivity contribution < 1.29 is 0 Å². The van der Waals surface area contributed by atoms with Gasteiger partial charge >= 0.3 is 0 Å². The van der Waals surface area contributed by atoms with E-state index in [0.717, 1.165) is 11.3 Å². The largest absolute Gasteiger partial charge is 0.268 e. The maximum Gasteiger partial charge on any atom is 0.266 e. The molecule has 152 valence electrons. The molecule has 0 amide bonds. The molecule has 0 aliphatic carbocycles.